The lowest BCUT2D eigenvalue weighted by Gasteiger charge is -2.31. The molecule has 3 heterocycles. The van der Waals surface area contributed by atoms with E-state index in [1.807, 2.05) is 0 Å². The van der Waals surface area contributed by atoms with Gasteiger partial charge >= 0.3 is 0 Å². The molecule has 36 heavy (non-hydrogen) atoms. The Balaban J connectivity index is 1.60. The smallest absolute Gasteiger partial charge is 0.230 e. The minimum absolute atomic E-state index is 0.00431. The molecule has 2 aliphatic rings. The van der Waals surface area contributed by atoms with Gasteiger partial charge in [0.05, 0.1) is 24.8 Å². The molecule has 202 valence electrons. The number of ether oxygens (including phenoxy) is 2. The molecule has 4 rings (SSSR count). The summed E-state index contributed by atoms with van der Waals surface area (Å²) in [5, 5.41) is 47.0. The topological polar surface area (TPSA) is 192 Å². The van der Waals surface area contributed by atoms with E-state index in [0.717, 1.165) is 32.3 Å². The third-order valence-corrected chi connectivity index (χ3v) is 9.09. The number of hydrogen-bond acceptors (Lipinski definition) is 11. The van der Waals surface area contributed by atoms with Gasteiger partial charge in [0.1, 0.15) is 30.0 Å². The van der Waals surface area contributed by atoms with Crippen molar-refractivity contribution in [3.05, 3.63) is 12.0 Å². The second kappa shape index (κ2) is 11.0. The Hall–Kier alpha value is -1.70. The van der Waals surface area contributed by atoms with E-state index in [1.54, 1.807) is 6.20 Å². The summed E-state index contributed by atoms with van der Waals surface area (Å²) in [5.74, 6) is 1.13. The Bertz CT molecular complexity index is 1090. The number of hydrogen-bond donors (Lipinski definition) is 6. The average molecular weight is 530 g/mol. The van der Waals surface area contributed by atoms with Gasteiger partial charge in [-0.25, -0.2) is 14.6 Å². The Morgan fingerprint density at radius 2 is 1.97 bits per heavy atom. The van der Waals surface area contributed by atoms with Gasteiger partial charge < -0.3 is 40.1 Å². The van der Waals surface area contributed by atoms with Crippen molar-refractivity contribution in [2.75, 3.05) is 31.8 Å². The molecule has 0 radical (unpaired) electrons. The van der Waals surface area contributed by atoms with Crippen LogP contribution in [0.15, 0.2) is 6.20 Å². The number of fused-ring (bicyclic) bond motifs is 1. The van der Waals surface area contributed by atoms with E-state index >= 15 is 0 Å². The summed E-state index contributed by atoms with van der Waals surface area (Å²) in [4.78, 5) is 19.2. The van der Waals surface area contributed by atoms with Gasteiger partial charge in [0.2, 0.25) is 7.37 Å². The quantitative estimate of drug-likeness (QED) is 0.219. The summed E-state index contributed by atoms with van der Waals surface area (Å²) in [6.45, 7) is 1.33. The van der Waals surface area contributed by atoms with Crippen LogP contribution in [0.1, 0.15) is 51.1 Å². The maximum absolute atomic E-state index is 12.1. The molecule has 1 aliphatic carbocycles. The number of aliphatic hydroxyl groups excluding tert-OH is 4. The second-order valence-electron chi connectivity index (χ2n) is 9.84. The van der Waals surface area contributed by atoms with Gasteiger partial charge in [0, 0.05) is 25.7 Å². The second-order valence-corrected chi connectivity index (χ2v) is 12.5. The minimum Gasteiger partial charge on any atom is -0.396 e. The highest BCUT2D eigenvalue weighted by molar-refractivity contribution is 7.58. The highest BCUT2D eigenvalue weighted by atomic mass is 31.2. The molecule has 2 aromatic rings. The van der Waals surface area contributed by atoms with Crippen LogP contribution < -0.4 is 5.32 Å². The summed E-state index contributed by atoms with van der Waals surface area (Å²) in [7, 11) is -3.84. The number of aliphatic hydroxyl groups is 4. The molecule has 1 aliphatic heterocycles. The zero-order chi connectivity index (χ0) is 26.1. The van der Waals surface area contributed by atoms with E-state index in [-0.39, 0.29) is 19.3 Å². The number of nitrogens with one attached hydrogen (secondary N) is 1. The first-order valence-electron chi connectivity index (χ1n) is 12.3. The number of nitrogens with zero attached hydrogens (tertiary/aromatic N) is 4. The number of anilines is 1. The molecule has 14 heteroatoms. The van der Waals surface area contributed by atoms with E-state index in [0.29, 0.717) is 35.5 Å². The standard InChI is InChI=1S/C22H36N5O8P/c1-22(12-29,36(2,32)33)34-11-15-17(30)18(31)21(35-15)27-20-14(10-23-27)19(24-13-6-3-4-7-13)25-16(26-20)8-5-9-28/h10,13,15,17-18,21,28-31H,3-9,11-12H2,1-2H3,(H,32,33)(H,24,25,26)/t15-,17-,18-,21-,22?/m1/s1. The van der Waals surface area contributed by atoms with Crippen LogP contribution in [0.5, 0.6) is 0 Å². The zero-order valence-corrected chi connectivity index (χ0v) is 21.4. The highest BCUT2D eigenvalue weighted by Gasteiger charge is 2.47. The van der Waals surface area contributed by atoms with Crippen LogP contribution >= 0.6 is 7.37 Å². The SMILES string of the molecule is CC(CO)(OC[C@H]1O[C@@H](n2ncc3c(NC4CCCC4)nc(CCCO)nc32)[C@H](O)[C@@H]1O)P(C)(=O)O. The van der Waals surface area contributed by atoms with Crippen molar-refractivity contribution in [1.29, 1.82) is 0 Å². The summed E-state index contributed by atoms with van der Waals surface area (Å²) < 4.78 is 24.9. The summed E-state index contributed by atoms with van der Waals surface area (Å²) in [6.07, 6.45) is 1.96. The fraction of sp³-hybridized carbons (Fsp3) is 0.773. The van der Waals surface area contributed by atoms with E-state index < -0.39 is 43.9 Å². The van der Waals surface area contributed by atoms with Gasteiger partial charge in [0.15, 0.2) is 17.2 Å². The van der Waals surface area contributed by atoms with E-state index in [2.05, 4.69) is 20.4 Å². The third-order valence-electron chi connectivity index (χ3n) is 7.06. The van der Waals surface area contributed by atoms with Crippen molar-refractivity contribution >= 4 is 24.2 Å². The molecule has 0 spiro atoms. The van der Waals surface area contributed by atoms with Crippen molar-refractivity contribution in [2.24, 2.45) is 0 Å². The third kappa shape index (κ3) is 5.44. The first-order chi connectivity index (χ1) is 17.1. The van der Waals surface area contributed by atoms with Crippen LogP contribution in [0, 0.1) is 0 Å². The molecule has 2 fully saturated rings. The van der Waals surface area contributed by atoms with Crippen molar-refractivity contribution in [1.82, 2.24) is 19.7 Å². The van der Waals surface area contributed by atoms with Crippen molar-refractivity contribution < 1.29 is 39.4 Å². The first-order valence-corrected chi connectivity index (χ1v) is 14.4. The monoisotopic (exact) mass is 529 g/mol. The molecule has 1 saturated carbocycles. The first kappa shape index (κ1) is 27.3. The number of aromatic nitrogens is 4. The largest absolute Gasteiger partial charge is 0.396 e. The summed E-state index contributed by atoms with van der Waals surface area (Å²) in [5.41, 5.74) is 0.407. The van der Waals surface area contributed by atoms with Crippen LogP contribution in [0.4, 0.5) is 5.82 Å². The van der Waals surface area contributed by atoms with E-state index in [9.17, 15) is 29.9 Å². The molecule has 2 unspecified atom stereocenters. The molecule has 0 aromatic carbocycles. The van der Waals surface area contributed by atoms with Crippen LogP contribution in [0.2, 0.25) is 0 Å². The lowest BCUT2D eigenvalue weighted by molar-refractivity contribution is -0.101. The van der Waals surface area contributed by atoms with Crippen molar-refractivity contribution in [2.45, 2.75) is 81.4 Å². The van der Waals surface area contributed by atoms with Gasteiger partial charge in [-0.1, -0.05) is 12.8 Å². The lowest BCUT2D eigenvalue weighted by Crippen LogP contribution is -2.39. The maximum atomic E-state index is 12.1. The zero-order valence-electron chi connectivity index (χ0n) is 20.5. The van der Waals surface area contributed by atoms with Crippen LogP contribution in [-0.4, -0.2) is 101 Å². The molecule has 13 nitrogen and oxygen atoms in total. The molecular weight excluding hydrogens is 493 g/mol. The van der Waals surface area contributed by atoms with Crippen molar-refractivity contribution in [3.63, 3.8) is 0 Å². The van der Waals surface area contributed by atoms with Crippen LogP contribution in [0.3, 0.4) is 0 Å². The fourth-order valence-corrected chi connectivity index (χ4v) is 5.08. The minimum atomic E-state index is -3.84. The van der Waals surface area contributed by atoms with Crippen molar-refractivity contribution in [3.8, 4) is 0 Å². The van der Waals surface area contributed by atoms with Crippen LogP contribution in [0.25, 0.3) is 11.0 Å². The van der Waals surface area contributed by atoms with E-state index in [1.165, 1.54) is 11.6 Å². The van der Waals surface area contributed by atoms with Gasteiger partial charge in [-0.15, -0.1) is 0 Å². The van der Waals surface area contributed by atoms with Crippen LogP contribution in [-0.2, 0) is 20.5 Å². The Morgan fingerprint density at radius 3 is 2.61 bits per heavy atom. The molecule has 2 aromatic heterocycles. The fourth-order valence-electron chi connectivity index (χ4n) is 4.51. The number of aryl methyl sites for hydroxylation is 1. The lowest BCUT2D eigenvalue weighted by atomic mass is 10.1. The molecule has 6 N–H and O–H groups in total. The molecular formula is C22H36N5O8P. The molecule has 6 atom stereocenters. The normalized spacial score (nSPS) is 28.4. The highest BCUT2D eigenvalue weighted by Crippen LogP contribution is 2.51. The number of rotatable bonds is 11. The van der Waals surface area contributed by atoms with Gasteiger partial charge in [-0.2, -0.15) is 5.10 Å². The molecule has 0 amide bonds. The van der Waals surface area contributed by atoms with Gasteiger partial charge in [-0.05, 0) is 26.2 Å². The molecule has 1 saturated heterocycles. The molecule has 0 bridgehead atoms. The van der Waals surface area contributed by atoms with Gasteiger partial charge in [0.25, 0.3) is 0 Å². The average Bonchev–Trinajstić information content (AvgIpc) is 3.56. The predicted molar refractivity (Wildman–Crippen MR) is 130 cm³/mol. The summed E-state index contributed by atoms with van der Waals surface area (Å²) >= 11 is 0. The van der Waals surface area contributed by atoms with Gasteiger partial charge in [-0.3, -0.25) is 4.57 Å². The summed E-state index contributed by atoms with van der Waals surface area (Å²) in [6, 6.07) is 0.288. The van der Waals surface area contributed by atoms with E-state index in [4.69, 9.17) is 9.47 Å². The maximum Gasteiger partial charge on any atom is 0.230 e. The Kier molecular flexibility index (Phi) is 8.32. The Labute approximate surface area is 208 Å². The Morgan fingerprint density at radius 1 is 1.25 bits per heavy atom. The predicted octanol–water partition coefficient (Wildman–Crippen LogP) is 0.350.